The number of carbonyl (C=O) groups is 1. The van der Waals surface area contributed by atoms with E-state index in [0.717, 1.165) is 17.5 Å². The Kier molecular flexibility index (Phi) is 6.85. The number of benzene rings is 1. The number of halogens is 2. The minimum atomic E-state index is -0.127. The number of hydrogen-bond donors (Lipinski definition) is 1. The molecule has 1 amide bonds. The lowest BCUT2D eigenvalue weighted by Crippen LogP contribution is -2.23. The molecule has 118 valence electrons. The first-order valence-electron chi connectivity index (χ1n) is 7.11. The van der Waals surface area contributed by atoms with Crippen molar-refractivity contribution >= 4 is 35.2 Å². The second-order valence-corrected chi connectivity index (χ2v) is 5.60. The molecule has 0 aliphatic rings. The number of rotatable bonds is 6. The van der Waals surface area contributed by atoms with Crippen molar-refractivity contribution in [3.8, 4) is 0 Å². The van der Waals surface area contributed by atoms with Crippen LogP contribution in [0.2, 0.25) is 10.0 Å². The quantitative estimate of drug-likeness (QED) is 0.625. The molecule has 0 unspecified atom stereocenters. The summed E-state index contributed by atoms with van der Waals surface area (Å²) in [4.78, 5) is 15.6. The number of amides is 1. The summed E-state index contributed by atoms with van der Waals surface area (Å²) >= 11 is 11.8. The summed E-state index contributed by atoms with van der Waals surface area (Å²) in [6.07, 6.45) is 11.1. The van der Waals surface area contributed by atoms with E-state index in [1.54, 1.807) is 36.7 Å². The predicted octanol–water partition coefficient (Wildman–Crippen LogP) is 4.32. The third-order valence-electron chi connectivity index (χ3n) is 3.05. The lowest BCUT2D eigenvalue weighted by atomic mass is 10.2. The normalized spacial score (nSPS) is 11.2. The van der Waals surface area contributed by atoms with Crippen LogP contribution in [0.15, 0.2) is 61.0 Å². The van der Waals surface area contributed by atoms with Crippen LogP contribution in [-0.2, 0) is 11.2 Å². The van der Waals surface area contributed by atoms with Crippen molar-refractivity contribution in [1.29, 1.82) is 0 Å². The third kappa shape index (κ3) is 6.27. The summed E-state index contributed by atoms with van der Waals surface area (Å²) in [5.41, 5.74) is 2.06. The van der Waals surface area contributed by atoms with Gasteiger partial charge in [0, 0.05) is 25.0 Å². The molecule has 0 aliphatic heterocycles. The van der Waals surface area contributed by atoms with E-state index in [1.165, 1.54) is 6.08 Å². The molecular weight excluding hydrogens is 331 g/mol. The van der Waals surface area contributed by atoms with Gasteiger partial charge in [0.2, 0.25) is 5.91 Å². The summed E-state index contributed by atoms with van der Waals surface area (Å²) in [6, 6.07) is 9.22. The number of aromatic nitrogens is 1. The molecule has 1 aromatic carbocycles. The van der Waals surface area contributed by atoms with Gasteiger partial charge >= 0.3 is 0 Å². The molecule has 0 aliphatic carbocycles. The summed E-state index contributed by atoms with van der Waals surface area (Å²) in [5.74, 6) is -0.127. The zero-order valence-electron chi connectivity index (χ0n) is 12.4. The topological polar surface area (TPSA) is 42.0 Å². The van der Waals surface area contributed by atoms with E-state index in [0.29, 0.717) is 16.6 Å². The number of carbonyl (C=O) groups excluding carboxylic acids is 1. The molecule has 2 aromatic rings. The Bertz CT molecular complexity index is 712. The van der Waals surface area contributed by atoms with E-state index < -0.39 is 0 Å². The molecule has 5 heteroatoms. The number of allylic oxidation sites excluding steroid dienone is 2. The molecule has 1 heterocycles. The highest BCUT2D eigenvalue weighted by molar-refractivity contribution is 6.42. The van der Waals surface area contributed by atoms with Crippen molar-refractivity contribution in [2.24, 2.45) is 0 Å². The first-order valence-corrected chi connectivity index (χ1v) is 7.87. The van der Waals surface area contributed by atoms with Crippen LogP contribution in [0.5, 0.6) is 0 Å². The molecule has 0 saturated heterocycles. The van der Waals surface area contributed by atoms with Crippen molar-refractivity contribution < 1.29 is 4.79 Å². The van der Waals surface area contributed by atoms with Crippen LogP contribution < -0.4 is 5.32 Å². The second kappa shape index (κ2) is 9.13. The van der Waals surface area contributed by atoms with Gasteiger partial charge in [0.05, 0.1) is 10.0 Å². The Labute approximate surface area is 145 Å². The van der Waals surface area contributed by atoms with Gasteiger partial charge in [0.1, 0.15) is 0 Å². The number of nitrogens with zero attached hydrogens (tertiary/aromatic N) is 1. The van der Waals surface area contributed by atoms with Gasteiger partial charge in [0.25, 0.3) is 0 Å². The highest BCUT2D eigenvalue weighted by Gasteiger charge is 1.97. The van der Waals surface area contributed by atoms with Crippen molar-refractivity contribution in [1.82, 2.24) is 10.3 Å². The van der Waals surface area contributed by atoms with Crippen molar-refractivity contribution in [2.75, 3.05) is 6.54 Å². The first kappa shape index (κ1) is 17.3. The molecule has 2 rings (SSSR count). The third-order valence-corrected chi connectivity index (χ3v) is 3.79. The van der Waals surface area contributed by atoms with Crippen LogP contribution in [0, 0.1) is 0 Å². The molecule has 0 bridgehead atoms. The standard InChI is InChI=1S/C18H16Cl2N2O/c19-16-6-5-15(13-17(16)20)3-1-2-4-18(23)22-12-9-14-7-10-21-11-8-14/h1-8,10-11,13H,9,12H2,(H,22,23). The maximum absolute atomic E-state index is 11.7. The maximum atomic E-state index is 11.7. The van der Waals surface area contributed by atoms with Crippen LogP contribution in [0.25, 0.3) is 6.08 Å². The largest absolute Gasteiger partial charge is 0.352 e. The van der Waals surface area contributed by atoms with Gasteiger partial charge in [-0.15, -0.1) is 0 Å². The predicted molar refractivity (Wildman–Crippen MR) is 95.6 cm³/mol. The SMILES string of the molecule is O=C(C=CC=Cc1ccc(Cl)c(Cl)c1)NCCc1ccncc1. The first-order chi connectivity index (χ1) is 11.1. The van der Waals surface area contributed by atoms with Crippen LogP contribution in [-0.4, -0.2) is 17.4 Å². The highest BCUT2D eigenvalue weighted by atomic mass is 35.5. The highest BCUT2D eigenvalue weighted by Crippen LogP contribution is 2.23. The molecule has 23 heavy (non-hydrogen) atoms. The van der Waals surface area contributed by atoms with Gasteiger partial charge in [0.15, 0.2) is 0 Å². The molecular formula is C18H16Cl2N2O. The number of pyridine rings is 1. The Balaban J connectivity index is 1.75. The Morgan fingerprint density at radius 3 is 2.61 bits per heavy atom. The van der Waals surface area contributed by atoms with Gasteiger partial charge in [-0.25, -0.2) is 0 Å². The molecule has 0 fully saturated rings. The number of hydrogen-bond acceptors (Lipinski definition) is 2. The fraction of sp³-hybridized carbons (Fsp3) is 0.111. The van der Waals surface area contributed by atoms with Crippen LogP contribution in [0.1, 0.15) is 11.1 Å². The van der Waals surface area contributed by atoms with Crippen LogP contribution >= 0.6 is 23.2 Å². The van der Waals surface area contributed by atoms with E-state index >= 15 is 0 Å². The Morgan fingerprint density at radius 2 is 1.87 bits per heavy atom. The minimum absolute atomic E-state index is 0.127. The molecule has 1 aromatic heterocycles. The molecule has 0 atom stereocenters. The summed E-state index contributed by atoms with van der Waals surface area (Å²) in [6.45, 7) is 0.587. The molecule has 0 radical (unpaired) electrons. The zero-order chi connectivity index (χ0) is 16.5. The average Bonchev–Trinajstić information content (AvgIpc) is 2.56. The fourth-order valence-corrected chi connectivity index (χ4v) is 2.17. The fourth-order valence-electron chi connectivity index (χ4n) is 1.86. The second-order valence-electron chi connectivity index (χ2n) is 4.79. The summed E-state index contributed by atoms with van der Waals surface area (Å²) < 4.78 is 0. The molecule has 0 spiro atoms. The average molecular weight is 347 g/mol. The van der Waals surface area contributed by atoms with E-state index in [1.807, 2.05) is 24.3 Å². The summed E-state index contributed by atoms with van der Waals surface area (Å²) in [7, 11) is 0. The van der Waals surface area contributed by atoms with Crippen LogP contribution in [0.3, 0.4) is 0 Å². The van der Waals surface area contributed by atoms with Crippen molar-refractivity contribution in [3.63, 3.8) is 0 Å². The number of nitrogens with one attached hydrogen (secondary N) is 1. The van der Waals surface area contributed by atoms with Gasteiger partial charge in [-0.05, 0) is 41.8 Å². The van der Waals surface area contributed by atoms with Crippen molar-refractivity contribution in [2.45, 2.75) is 6.42 Å². The van der Waals surface area contributed by atoms with Crippen molar-refractivity contribution in [3.05, 3.63) is 82.1 Å². The van der Waals surface area contributed by atoms with E-state index in [2.05, 4.69) is 10.3 Å². The lowest BCUT2D eigenvalue weighted by Gasteiger charge is -2.01. The van der Waals surface area contributed by atoms with E-state index in [-0.39, 0.29) is 5.91 Å². The van der Waals surface area contributed by atoms with E-state index in [4.69, 9.17) is 23.2 Å². The molecule has 1 N–H and O–H groups in total. The molecule has 3 nitrogen and oxygen atoms in total. The zero-order valence-corrected chi connectivity index (χ0v) is 13.9. The van der Waals surface area contributed by atoms with Crippen LogP contribution in [0.4, 0.5) is 0 Å². The smallest absolute Gasteiger partial charge is 0.243 e. The Hall–Kier alpha value is -2.10. The summed E-state index contributed by atoms with van der Waals surface area (Å²) in [5, 5.41) is 3.86. The monoisotopic (exact) mass is 346 g/mol. The van der Waals surface area contributed by atoms with Gasteiger partial charge in [-0.1, -0.05) is 47.5 Å². The van der Waals surface area contributed by atoms with Gasteiger partial charge in [-0.2, -0.15) is 0 Å². The maximum Gasteiger partial charge on any atom is 0.243 e. The minimum Gasteiger partial charge on any atom is -0.352 e. The molecule has 0 saturated carbocycles. The Morgan fingerprint density at radius 1 is 1.09 bits per heavy atom. The van der Waals surface area contributed by atoms with Gasteiger partial charge in [-0.3, -0.25) is 9.78 Å². The van der Waals surface area contributed by atoms with E-state index in [9.17, 15) is 4.79 Å². The van der Waals surface area contributed by atoms with Gasteiger partial charge < -0.3 is 5.32 Å². The lowest BCUT2D eigenvalue weighted by molar-refractivity contribution is -0.116.